The van der Waals surface area contributed by atoms with Gasteiger partial charge in [-0.15, -0.1) is 0 Å². The molecule has 114 valence electrons. The van der Waals surface area contributed by atoms with Crippen LogP contribution in [0.5, 0.6) is 0 Å². The summed E-state index contributed by atoms with van der Waals surface area (Å²) in [6.07, 6.45) is 0. The van der Waals surface area contributed by atoms with Gasteiger partial charge in [0, 0.05) is 0 Å². The Hall–Kier alpha value is -2.60. The summed E-state index contributed by atoms with van der Waals surface area (Å²) in [5.41, 5.74) is 9.09. The Bertz CT molecular complexity index is 824. The van der Waals surface area contributed by atoms with Crippen LogP contribution in [-0.2, 0) is 0 Å². The van der Waals surface area contributed by atoms with Gasteiger partial charge >= 0.3 is 0 Å². The normalized spacial score (nSPS) is 12.0. The summed E-state index contributed by atoms with van der Waals surface area (Å²) < 4.78 is 0. The lowest BCUT2D eigenvalue weighted by molar-refractivity contribution is 1.35. The van der Waals surface area contributed by atoms with Crippen molar-refractivity contribution < 1.29 is 0 Å². The van der Waals surface area contributed by atoms with E-state index in [4.69, 9.17) is 0 Å². The van der Waals surface area contributed by atoms with Gasteiger partial charge in [-0.05, 0) is 54.2 Å². The molecule has 0 fully saturated rings. The summed E-state index contributed by atoms with van der Waals surface area (Å²) in [6.45, 7) is 6.56. The first-order valence-corrected chi connectivity index (χ1v) is 8.06. The highest BCUT2D eigenvalue weighted by Crippen LogP contribution is 2.33. The van der Waals surface area contributed by atoms with Gasteiger partial charge in [-0.2, -0.15) is 0 Å². The van der Waals surface area contributed by atoms with Crippen LogP contribution in [-0.4, -0.2) is 0 Å². The van der Waals surface area contributed by atoms with Crippen molar-refractivity contribution in [1.82, 2.24) is 0 Å². The van der Waals surface area contributed by atoms with E-state index in [0.29, 0.717) is 0 Å². The molecule has 0 N–H and O–H groups in total. The molecular weight excluding hydrogens is 276 g/mol. The first kappa shape index (κ1) is 15.3. The zero-order chi connectivity index (χ0) is 16.2. The number of rotatable bonds is 3. The average Bonchev–Trinajstić information content (AvgIpc) is 2.59. The van der Waals surface area contributed by atoms with E-state index in [1.165, 1.54) is 39.0 Å². The van der Waals surface area contributed by atoms with Crippen molar-refractivity contribution in [3.63, 3.8) is 0 Å². The Kier molecular flexibility index (Phi) is 4.43. The standard InChI is InChI=1S/C23H22/c1-17-14-15-22(18(2)16-17)23(21-12-8-5-9-13-21)19(3)20-10-6-4-7-11-20/h4-16H,1-3H3/b23-19+. The van der Waals surface area contributed by atoms with Gasteiger partial charge in [0.05, 0.1) is 0 Å². The van der Waals surface area contributed by atoms with Crippen molar-refractivity contribution in [1.29, 1.82) is 0 Å². The van der Waals surface area contributed by atoms with Crippen molar-refractivity contribution in [2.24, 2.45) is 0 Å². The average molecular weight is 298 g/mol. The highest BCUT2D eigenvalue weighted by molar-refractivity contribution is 5.98. The van der Waals surface area contributed by atoms with E-state index in [-0.39, 0.29) is 0 Å². The Balaban J connectivity index is 2.27. The van der Waals surface area contributed by atoms with Crippen LogP contribution >= 0.6 is 0 Å². The number of hydrogen-bond acceptors (Lipinski definition) is 0. The van der Waals surface area contributed by atoms with E-state index in [9.17, 15) is 0 Å². The van der Waals surface area contributed by atoms with Crippen LogP contribution in [0.1, 0.15) is 34.7 Å². The smallest absolute Gasteiger partial charge is 0.00735 e. The molecule has 0 aliphatic heterocycles. The third-order valence-corrected chi connectivity index (χ3v) is 4.30. The maximum absolute atomic E-state index is 2.26. The van der Waals surface area contributed by atoms with Gasteiger partial charge < -0.3 is 0 Å². The molecule has 0 atom stereocenters. The summed E-state index contributed by atoms with van der Waals surface area (Å²) in [5, 5.41) is 0. The summed E-state index contributed by atoms with van der Waals surface area (Å²) in [4.78, 5) is 0. The van der Waals surface area contributed by atoms with Crippen molar-refractivity contribution in [3.05, 3.63) is 107 Å². The van der Waals surface area contributed by atoms with Crippen molar-refractivity contribution >= 4 is 11.1 Å². The minimum absolute atomic E-state index is 1.26. The molecule has 0 saturated carbocycles. The molecule has 0 aromatic heterocycles. The van der Waals surface area contributed by atoms with Gasteiger partial charge in [0.2, 0.25) is 0 Å². The summed E-state index contributed by atoms with van der Waals surface area (Å²) in [7, 11) is 0. The van der Waals surface area contributed by atoms with Crippen LogP contribution in [0.3, 0.4) is 0 Å². The second-order valence-electron chi connectivity index (χ2n) is 6.05. The monoisotopic (exact) mass is 298 g/mol. The lowest BCUT2D eigenvalue weighted by Gasteiger charge is -2.16. The van der Waals surface area contributed by atoms with Crippen LogP contribution in [0, 0.1) is 13.8 Å². The molecule has 0 radical (unpaired) electrons. The summed E-state index contributed by atoms with van der Waals surface area (Å²) in [5.74, 6) is 0. The fourth-order valence-electron chi connectivity index (χ4n) is 3.11. The predicted octanol–water partition coefficient (Wildman–Crippen LogP) is 6.28. The fraction of sp³-hybridized carbons (Fsp3) is 0.130. The summed E-state index contributed by atoms with van der Waals surface area (Å²) >= 11 is 0. The van der Waals surface area contributed by atoms with E-state index in [0.717, 1.165) is 0 Å². The zero-order valence-electron chi connectivity index (χ0n) is 14.0. The lowest BCUT2D eigenvalue weighted by atomic mass is 9.88. The zero-order valence-corrected chi connectivity index (χ0v) is 14.0. The van der Waals surface area contributed by atoms with Crippen LogP contribution in [0.25, 0.3) is 11.1 Å². The largest absolute Gasteiger partial charge is 0.0622 e. The molecule has 0 aliphatic carbocycles. The van der Waals surface area contributed by atoms with Gasteiger partial charge in [0.15, 0.2) is 0 Å². The first-order chi connectivity index (χ1) is 11.2. The van der Waals surface area contributed by atoms with E-state index in [1.54, 1.807) is 0 Å². The highest BCUT2D eigenvalue weighted by Gasteiger charge is 2.12. The van der Waals surface area contributed by atoms with Gasteiger partial charge in [0.25, 0.3) is 0 Å². The third kappa shape index (κ3) is 3.27. The van der Waals surface area contributed by atoms with Crippen LogP contribution in [0.2, 0.25) is 0 Å². The quantitative estimate of drug-likeness (QED) is 0.499. The van der Waals surface area contributed by atoms with E-state index < -0.39 is 0 Å². The minimum atomic E-state index is 1.26. The van der Waals surface area contributed by atoms with Crippen molar-refractivity contribution in [2.75, 3.05) is 0 Å². The van der Waals surface area contributed by atoms with Crippen molar-refractivity contribution in [2.45, 2.75) is 20.8 Å². The molecular formula is C23H22. The van der Waals surface area contributed by atoms with Crippen LogP contribution in [0.4, 0.5) is 0 Å². The second-order valence-corrected chi connectivity index (χ2v) is 6.05. The predicted molar refractivity (Wildman–Crippen MR) is 100 cm³/mol. The SMILES string of the molecule is C/C(=C(/c1ccccc1)c1ccc(C)cc1C)c1ccccc1. The van der Waals surface area contributed by atoms with Gasteiger partial charge in [-0.1, -0.05) is 84.4 Å². The van der Waals surface area contributed by atoms with E-state index >= 15 is 0 Å². The maximum Gasteiger partial charge on any atom is -0.00735 e. The molecule has 0 aliphatic rings. The second kappa shape index (κ2) is 6.66. The van der Waals surface area contributed by atoms with Gasteiger partial charge in [0.1, 0.15) is 0 Å². The molecule has 0 heterocycles. The fourth-order valence-corrected chi connectivity index (χ4v) is 3.11. The van der Waals surface area contributed by atoms with Crippen LogP contribution in [0.15, 0.2) is 78.9 Å². The molecule has 3 aromatic carbocycles. The Morgan fingerprint density at radius 3 is 1.78 bits per heavy atom. The first-order valence-electron chi connectivity index (χ1n) is 8.06. The van der Waals surface area contributed by atoms with E-state index in [1.807, 2.05) is 0 Å². The molecule has 0 nitrogen and oxygen atoms in total. The molecule has 0 amide bonds. The van der Waals surface area contributed by atoms with Gasteiger partial charge in [-0.3, -0.25) is 0 Å². The third-order valence-electron chi connectivity index (χ3n) is 4.30. The number of hydrogen-bond donors (Lipinski definition) is 0. The van der Waals surface area contributed by atoms with Gasteiger partial charge in [-0.25, -0.2) is 0 Å². The molecule has 0 unspecified atom stereocenters. The Morgan fingerprint density at radius 2 is 1.22 bits per heavy atom. The summed E-state index contributed by atoms with van der Waals surface area (Å²) in [6, 6.07) is 28.0. The molecule has 0 heteroatoms. The van der Waals surface area contributed by atoms with E-state index in [2.05, 4.69) is 99.6 Å². The number of benzene rings is 3. The van der Waals surface area contributed by atoms with Crippen molar-refractivity contribution in [3.8, 4) is 0 Å². The molecule has 3 rings (SSSR count). The molecule has 0 saturated heterocycles. The Morgan fingerprint density at radius 1 is 0.652 bits per heavy atom. The minimum Gasteiger partial charge on any atom is -0.0622 e. The molecule has 23 heavy (non-hydrogen) atoms. The number of allylic oxidation sites excluding steroid dienone is 1. The molecule has 3 aromatic rings. The molecule has 0 bridgehead atoms. The van der Waals surface area contributed by atoms with Crippen LogP contribution < -0.4 is 0 Å². The molecule has 0 spiro atoms. The Labute approximate surface area is 139 Å². The topological polar surface area (TPSA) is 0 Å². The number of aryl methyl sites for hydroxylation is 2. The maximum atomic E-state index is 2.26. The lowest BCUT2D eigenvalue weighted by Crippen LogP contribution is -1.96. The highest BCUT2D eigenvalue weighted by atomic mass is 14.2.